The summed E-state index contributed by atoms with van der Waals surface area (Å²) in [6.07, 6.45) is 3.58. The van der Waals surface area contributed by atoms with Gasteiger partial charge in [-0.3, -0.25) is 9.59 Å². The largest absolute Gasteiger partial charge is 0.481 e. The van der Waals surface area contributed by atoms with Crippen molar-refractivity contribution in [3.63, 3.8) is 0 Å². The molecule has 0 saturated heterocycles. The molecule has 0 fully saturated rings. The molecule has 0 radical (unpaired) electrons. The summed E-state index contributed by atoms with van der Waals surface area (Å²) in [6.45, 7) is 0.802. The zero-order valence-electron chi connectivity index (χ0n) is 17.8. The first-order valence-corrected chi connectivity index (χ1v) is 10.6. The fourth-order valence-corrected chi connectivity index (χ4v) is 4.02. The molecule has 0 saturated carbocycles. The summed E-state index contributed by atoms with van der Waals surface area (Å²) >= 11 is 0. The number of hydrogen-bond acceptors (Lipinski definition) is 5. The van der Waals surface area contributed by atoms with Gasteiger partial charge in [-0.25, -0.2) is 9.78 Å². The lowest BCUT2D eigenvalue weighted by molar-refractivity contribution is -0.139. The average Bonchev–Trinajstić information content (AvgIpc) is 3.43. The predicted octanol–water partition coefficient (Wildman–Crippen LogP) is 2.38. The number of carbonyl (C=O) groups is 3. The molecule has 9 heteroatoms. The number of hydrogen-bond donors (Lipinski definition) is 3. The fraction of sp³-hybridized carbons (Fsp3) is 0.250. The van der Waals surface area contributed by atoms with Crippen LogP contribution in [-0.4, -0.2) is 51.8 Å². The third-order valence-electron chi connectivity index (χ3n) is 5.56. The number of benzene rings is 2. The van der Waals surface area contributed by atoms with Gasteiger partial charge in [0, 0.05) is 31.4 Å². The monoisotopic (exact) mass is 448 g/mol. The summed E-state index contributed by atoms with van der Waals surface area (Å²) in [7, 11) is 0. The molecule has 0 bridgehead atoms. The van der Waals surface area contributed by atoms with E-state index in [2.05, 4.69) is 15.6 Å². The molecule has 0 aliphatic heterocycles. The first kappa shape index (κ1) is 22.1. The van der Waals surface area contributed by atoms with Crippen molar-refractivity contribution in [1.82, 2.24) is 20.2 Å². The average molecular weight is 448 g/mol. The molecule has 9 nitrogen and oxygen atoms in total. The maximum absolute atomic E-state index is 12.5. The summed E-state index contributed by atoms with van der Waals surface area (Å²) in [5, 5.41) is 14.2. The summed E-state index contributed by atoms with van der Waals surface area (Å²) in [6, 6.07) is 14.6. The van der Waals surface area contributed by atoms with Crippen molar-refractivity contribution < 1.29 is 24.2 Å². The SMILES string of the molecule is O=C(O)CC(NC(=O)OCC1c2ccccc2-c2ccccc21)C(=O)NCCn1ccnc1. The van der Waals surface area contributed by atoms with Crippen molar-refractivity contribution in [3.05, 3.63) is 78.4 Å². The van der Waals surface area contributed by atoms with Gasteiger partial charge in [0.05, 0.1) is 12.7 Å². The molecule has 3 aromatic rings. The first-order valence-electron chi connectivity index (χ1n) is 10.6. The number of imidazole rings is 1. The molecule has 0 spiro atoms. The van der Waals surface area contributed by atoms with Gasteiger partial charge in [0.2, 0.25) is 5.91 Å². The van der Waals surface area contributed by atoms with Crippen molar-refractivity contribution >= 4 is 18.0 Å². The summed E-state index contributed by atoms with van der Waals surface area (Å²) in [5.41, 5.74) is 4.32. The Bertz CT molecular complexity index is 1100. The lowest BCUT2D eigenvalue weighted by Gasteiger charge is -2.18. The van der Waals surface area contributed by atoms with E-state index in [4.69, 9.17) is 9.84 Å². The maximum atomic E-state index is 12.5. The minimum Gasteiger partial charge on any atom is -0.481 e. The third-order valence-corrected chi connectivity index (χ3v) is 5.56. The molecule has 1 atom stereocenters. The summed E-state index contributed by atoms with van der Waals surface area (Å²) in [4.78, 5) is 40.1. The first-order chi connectivity index (χ1) is 16.0. The molecule has 1 aliphatic rings. The van der Waals surface area contributed by atoms with Crippen LogP contribution in [0.4, 0.5) is 4.79 Å². The zero-order chi connectivity index (χ0) is 23.2. The molecular weight excluding hydrogens is 424 g/mol. The quantitative estimate of drug-likeness (QED) is 0.462. The number of nitrogens with zero attached hydrogens (tertiary/aromatic N) is 2. The van der Waals surface area contributed by atoms with Gasteiger partial charge in [-0.2, -0.15) is 0 Å². The highest BCUT2D eigenvalue weighted by Crippen LogP contribution is 2.44. The van der Waals surface area contributed by atoms with Crippen molar-refractivity contribution in [2.75, 3.05) is 13.2 Å². The van der Waals surface area contributed by atoms with Crippen LogP contribution in [0, 0.1) is 0 Å². The fourth-order valence-electron chi connectivity index (χ4n) is 4.02. The number of aromatic nitrogens is 2. The number of carbonyl (C=O) groups excluding carboxylic acids is 2. The predicted molar refractivity (Wildman–Crippen MR) is 119 cm³/mol. The van der Waals surface area contributed by atoms with Crippen LogP contribution in [0.5, 0.6) is 0 Å². The van der Waals surface area contributed by atoms with Gasteiger partial charge in [-0.05, 0) is 22.3 Å². The number of fused-ring (bicyclic) bond motifs is 3. The van der Waals surface area contributed by atoms with Crippen LogP contribution in [0.2, 0.25) is 0 Å². The number of nitrogens with one attached hydrogen (secondary N) is 2. The number of ether oxygens (including phenoxy) is 1. The van der Waals surface area contributed by atoms with Crippen molar-refractivity contribution in [2.24, 2.45) is 0 Å². The molecule has 2 amide bonds. The van der Waals surface area contributed by atoms with Crippen LogP contribution in [0.3, 0.4) is 0 Å². The van der Waals surface area contributed by atoms with Gasteiger partial charge in [0.1, 0.15) is 12.6 Å². The van der Waals surface area contributed by atoms with Gasteiger partial charge in [0.15, 0.2) is 0 Å². The van der Waals surface area contributed by atoms with E-state index >= 15 is 0 Å². The van der Waals surface area contributed by atoms with E-state index in [9.17, 15) is 14.4 Å². The van der Waals surface area contributed by atoms with Crippen LogP contribution in [-0.2, 0) is 20.9 Å². The van der Waals surface area contributed by atoms with Gasteiger partial charge < -0.3 is 25.0 Å². The van der Waals surface area contributed by atoms with Crippen molar-refractivity contribution in [1.29, 1.82) is 0 Å². The Morgan fingerprint density at radius 3 is 2.33 bits per heavy atom. The van der Waals surface area contributed by atoms with Gasteiger partial charge in [-0.1, -0.05) is 48.5 Å². The summed E-state index contributed by atoms with van der Waals surface area (Å²) in [5.74, 6) is -1.93. The smallest absolute Gasteiger partial charge is 0.407 e. The zero-order valence-corrected chi connectivity index (χ0v) is 17.8. The minimum absolute atomic E-state index is 0.0713. The number of carboxylic acid groups (broad SMARTS) is 1. The van der Waals surface area contributed by atoms with Gasteiger partial charge >= 0.3 is 12.1 Å². The molecule has 1 aliphatic carbocycles. The molecule has 3 N–H and O–H groups in total. The van der Waals surface area contributed by atoms with Gasteiger partial charge in [-0.15, -0.1) is 0 Å². The topological polar surface area (TPSA) is 123 Å². The number of aliphatic carboxylic acids is 1. The Balaban J connectivity index is 1.35. The molecule has 33 heavy (non-hydrogen) atoms. The van der Waals surface area contributed by atoms with E-state index in [1.54, 1.807) is 23.3 Å². The van der Waals surface area contributed by atoms with Crippen molar-refractivity contribution in [3.8, 4) is 11.1 Å². The molecule has 1 aromatic heterocycles. The van der Waals surface area contributed by atoms with Crippen LogP contribution < -0.4 is 10.6 Å². The highest BCUT2D eigenvalue weighted by molar-refractivity contribution is 5.89. The van der Waals surface area contributed by atoms with Crippen LogP contribution >= 0.6 is 0 Å². The Morgan fingerprint density at radius 1 is 1.06 bits per heavy atom. The Hall–Kier alpha value is -4.14. The van der Waals surface area contributed by atoms with E-state index in [1.165, 1.54) is 0 Å². The Kier molecular flexibility index (Phi) is 6.68. The maximum Gasteiger partial charge on any atom is 0.407 e. The Morgan fingerprint density at radius 2 is 1.73 bits per heavy atom. The number of amides is 2. The second kappa shape index (κ2) is 9.99. The minimum atomic E-state index is -1.25. The van der Waals surface area contributed by atoms with E-state index in [0.29, 0.717) is 6.54 Å². The Labute approximate surface area is 190 Å². The third kappa shape index (κ3) is 5.20. The molecule has 2 aromatic carbocycles. The molecule has 1 unspecified atom stereocenters. The molecule has 170 valence electrons. The lowest BCUT2D eigenvalue weighted by Crippen LogP contribution is -2.48. The molecular formula is C24H24N4O5. The number of rotatable bonds is 9. The van der Waals surface area contributed by atoms with Crippen LogP contribution in [0.1, 0.15) is 23.5 Å². The number of alkyl carbamates (subject to hydrolysis) is 1. The van der Waals surface area contributed by atoms with Crippen molar-refractivity contribution in [2.45, 2.75) is 24.9 Å². The van der Waals surface area contributed by atoms with E-state index in [0.717, 1.165) is 22.3 Å². The summed E-state index contributed by atoms with van der Waals surface area (Å²) < 4.78 is 7.20. The normalized spacial score (nSPS) is 13.0. The standard InChI is InChI=1S/C24H24N4O5/c29-22(30)13-21(23(31)26-10-12-28-11-9-25-15-28)27-24(32)33-14-20-18-7-3-1-5-16(18)17-6-2-4-8-19(17)20/h1-9,11,15,20-21H,10,12-14H2,(H,26,31)(H,27,32)(H,29,30). The highest BCUT2D eigenvalue weighted by atomic mass is 16.5. The van der Waals surface area contributed by atoms with E-state index in [1.807, 2.05) is 48.5 Å². The second-order valence-electron chi connectivity index (χ2n) is 7.71. The molecule has 1 heterocycles. The second-order valence-corrected chi connectivity index (χ2v) is 7.71. The van der Waals surface area contributed by atoms with E-state index in [-0.39, 0.29) is 19.1 Å². The van der Waals surface area contributed by atoms with E-state index < -0.39 is 30.4 Å². The van der Waals surface area contributed by atoms with Crippen LogP contribution in [0.15, 0.2) is 67.3 Å². The van der Waals surface area contributed by atoms with Gasteiger partial charge in [0.25, 0.3) is 0 Å². The molecule has 4 rings (SSSR count). The van der Waals surface area contributed by atoms with Crippen LogP contribution in [0.25, 0.3) is 11.1 Å². The number of carboxylic acids is 1. The highest BCUT2D eigenvalue weighted by Gasteiger charge is 2.30. The lowest BCUT2D eigenvalue weighted by atomic mass is 9.98.